The monoisotopic (exact) mass is 363 g/mol. The average Bonchev–Trinajstić information content (AvgIpc) is 2.62. The van der Waals surface area contributed by atoms with E-state index < -0.39 is 0 Å². The minimum Gasteiger partial charge on any atom is -0.314 e. The Morgan fingerprint density at radius 2 is 2.00 bits per heavy atom. The van der Waals surface area contributed by atoms with Crippen LogP contribution >= 0.6 is 12.4 Å². The molecule has 1 heterocycles. The SMILES string of the molecule is CN(C(=O)CN1CCNCC1c1cccc(F)c1)c1ccccc1.Cl. The molecule has 3 rings (SSSR count). The second-order valence-electron chi connectivity index (χ2n) is 6.03. The predicted octanol–water partition coefficient (Wildman–Crippen LogP) is 2.86. The summed E-state index contributed by atoms with van der Waals surface area (Å²) < 4.78 is 13.5. The Hall–Kier alpha value is -1.95. The number of para-hydroxylation sites is 1. The summed E-state index contributed by atoms with van der Waals surface area (Å²) in [6.45, 7) is 2.61. The van der Waals surface area contributed by atoms with Crippen LogP contribution in [0.1, 0.15) is 11.6 Å². The van der Waals surface area contributed by atoms with Gasteiger partial charge in [0.2, 0.25) is 5.91 Å². The normalized spacial score (nSPS) is 17.6. The largest absolute Gasteiger partial charge is 0.314 e. The number of hydrogen-bond donors (Lipinski definition) is 1. The van der Waals surface area contributed by atoms with E-state index in [1.807, 2.05) is 36.4 Å². The van der Waals surface area contributed by atoms with Crippen molar-refractivity contribution in [2.24, 2.45) is 0 Å². The van der Waals surface area contributed by atoms with Gasteiger partial charge in [0.25, 0.3) is 0 Å². The van der Waals surface area contributed by atoms with E-state index in [9.17, 15) is 9.18 Å². The van der Waals surface area contributed by atoms with Crippen molar-refractivity contribution in [3.05, 3.63) is 66.0 Å². The van der Waals surface area contributed by atoms with Gasteiger partial charge in [0.05, 0.1) is 6.54 Å². The van der Waals surface area contributed by atoms with E-state index in [0.717, 1.165) is 24.3 Å². The highest BCUT2D eigenvalue weighted by Crippen LogP contribution is 2.23. The third kappa shape index (κ3) is 4.78. The van der Waals surface area contributed by atoms with Crippen LogP contribution in [0, 0.1) is 5.82 Å². The third-order valence-electron chi connectivity index (χ3n) is 4.44. The summed E-state index contributed by atoms with van der Waals surface area (Å²) in [5, 5.41) is 3.33. The van der Waals surface area contributed by atoms with Crippen molar-refractivity contribution in [3.8, 4) is 0 Å². The predicted molar refractivity (Wildman–Crippen MR) is 101 cm³/mol. The Balaban J connectivity index is 0.00000225. The number of carbonyl (C=O) groups excluding carboxylic acids is 1. The van der Waals surface area contributed by atoms with Gasteiger partial charge in [0.1, 0.15) is 5.82 Å². The third-order valence-corrected chi connectivity index (χ3v) is 4.44. The summed E-state index contributed by atoms with van der Waals surface area (Å²) in [5.41, 5.74) is 1.78. The Labute approximate surface area is 154 Å². The molecule has 0 aliphatic carbocycles. The molecule has 1 aliphatic heterocycles. The zero-order chi connectivity index (χ0) is 16.9. The van der Waals surface area contributed by atoms with Crippen LogP contribution in [0.15, 0.2) is 54.6 Å². The van der Waals surface area contributed by atoms with E-state index in [0.29, 0.717) is 13.1 Å². The number of halogens is 2. The molecule has 134 valence electrons. The van der Waals surface area contributed by atoms with E-state index in [2.05, 4.69) is 10.2 Å². The van der Waals surface area contributed by atoms with Crippen molar-refractivity contribution in [1.82, 2.24) is 10.2 Å². The van der Waals surface area contributed by atoms with E-state index in [1.165, 1.54) is 6.07 Å². The summed E-state index contributed by atoms with van der Waals surface area (Å²) in [5.74, 6) is -0.213. The maximum atomic E-state index is 13.5. The lowest BCUT2D eigenvalue weighted by atomic mass is 10.0. The molecule has 2 aromatic carbocycles. The van der Waals surface area contributed by atoms with Crippen LogP contribution in [0.25, 0.3) is 0 Å². The number of amides is 1. The van der Waals surface area contributed by atoms with Gasteiger partial charge < -0.3 is 10.2 Å². The zero-order valence-electron chi connectivity index (χ0n) is 14.2. The molecular weight excluding hydrogens is 341 g/mol. The molecule has 1 saturated heterocycles. The second kappa shape index (κ2) is 8.94. The van der Waals surface area contributed by atoms with Crippen LogP contribution in [0.5, 0.6) is 0 Å². The Bertz CT molecular complexity index is 698. The lowest BCUT2D eigenvalue weighted by molar-refractivity contribution is -0.120. The van der Waals surface area contributed by atoms with Crippen LogP contribution in [-0.4, -0.2) is 44.0 Å². The fraction of sp³-hybridized carbons (Fsp3) is 0.316. The van der Waals surface area contributed by atoms with E-state index >= 15 is 0 Å². The first kappa shape index (κ1) is 19.4. The fourth-order valence-corrected chi connectivity index (χ4v) is 3.05. The average molecular weight is 364 g/mol. The van der Waals surface area contributed by atoms with Gasteiger partial charge in [0, 0.05) is 38.4 Å². The smallest absolute Gasteiger partial charge is 0.240 e. The minimum atomic E-state index is -0.245. The molecule has 6 heteroatoms. The van der Waals surface area contributed by atoms with Gasteiger partial charge >= 0.3 is 0 Å². The number of anilines is 1. The van der Waals surface area contributed by atoms with Crippen molar-refractivity contribution < 1.29 is 9.18 Å². The highest BCUT2D eigenvalue weighted by Gasteiger charge is 2.27. The first-order valence-corrected chi connectivity index (χ1v) is 8.17. The van der Waals surface area contributed by atoms with E-state index in [4.69, 9.17) is 0 Å². The summed E-state index contributed by atoms with van der Waals surface area (Å²) in [7, 11) is 1.79. The highest BCUT2D eigenvalue weighted by atomic mass is 35.5. The minimum absolute atomic E-state index is 0. The summed E-state index contributed by atoms with van der Waals surface area (Å²) in [4.78, 5) is 16.4. The first-order chi connectivity index (χ1) is 11.6. The molecular formula is C19H23ClFN3O. The molecule has 4 nitrogen and oxygen atoms in total. The van der Waals surface area contributed by atoms with Gasteiger partial charge in [-0.05, 0) is 29.8 Å². The van der Waals surface area contributed by atoms with Crippen LogP contribution in [0.2, 0.25) is 0 Å². The molecule has 1 unspecified atom stereocenters. The Kier molecular flexibility index (Phi) is 6.93. The van der Waals surface area contributed by atoms with Crippen molar-refractivity contribution >= 4 is 24.0 Å². The maximum absolute atomic E-state index is 13.5. The molecule has 0 radical (unpaired) electrons. The number of benzene rings is 2. The molecule has 1 fully saturated rings. The van der Waals surface area contributed by atoms with Crippen molar-refractivity contribution in [1.29, 1.82) is 0 Å². The van der Waals surface area contributed by atoms with Gasteiger partial charge in [-0.2, -0.15) is 0 Å². The summed E-state index contributed by atoms with van der Waals surface area (Å²) in [6.07, 6.45) is 0. The molecule has 1 atom stereocenters. The molecule has 1 amide bonds. The van der Waals surface area contributed by atoms with Gasteiger partial charge in [-0.25, -0.2) is 4.39 Å². The van der Waals surface area contributed by atoms with Crippen molar-refractivity contribution in [3.63, 3.8) is 0 Å². The van der Waals surface area contributed by atoms with E-state index in [1.54, 1.807) is 24.1 Å². The van der Waals surface area contributed by atoms with E-state index in [-0.39, 0.29) is 30.2 Å². The number of rotatable bonds is 4. The number of nitrogens with zero attached hydrogens (tertiary/aromatic N) is 2. The lowest BCUT2D eigenvalue weighted by Crippen LogP contribution is -2.49. The number of carbonyl (C=O) groups is 1. The Morgan fingerprint density at radius 1 is 1.24 bits per heavy atom. The highest BCUT2D eigenvalue weighted by molar-refractivity contribution is 5.94. The fourth-order valence-electron chi connectivity index (χ4n) is 3.05. The Morgan fingerprint density at radius 3 is 2.72 bits per heavy atom. The number of nitrogens with one attached hydrogen (secondary N) is 1. The number of hydrogen-bond acceptors (Lipinski definition) is 3. The van der Waals surface area contributed by atoms with Crippen LogP contribution in [-0.2, 0) is 4.79 Å². The topological polar surface area (TPSA) is 35.6 Å². The second-order valence-corrected chi connectivity index (χ2v) is 6.03. The number of piperazine rings is 1. The van der Waals surface area contributed by atoms with Crippen LogP contribution < -0.4 is 10.2 Å². The van der Waals surface area contributed by atoms with Gasteiger partial charge in [0.15, 0.2) is 0 Å². The van der Waals surface area contributed by atoms with Crippen molar-refractivity contribution in [2.45, 2.75) is 6.04 Å². The number of likely N-dealkylation sites (N-methyl/N-ethyl adjacent to an activating group) is 1. The molecule has 0 bridgehead atoms. The molecule has 1 aliphatic rings. The van der Waals surface area contributed by atoms with Gasteiger partial charge in [-0.1, -0.05) is 30.3 Å². The van der Waals surface area contributed by atoms with Crippen molar-refractivity contribution in [2.75, 3.05) is 38.1 Å². The quantitative estimate of drug-likeness (QED) is 0.907. The lowest BCUT2D eigenvalue weighted by Gasteiger charge is -2.36. The summed E-state index contributed by atoms with van der Waals surface area (Å²) in [6, 6.07) is 16.2. The van der Waals surface area contributed by atoms with Crippen LogP contribution in [0.4, 0.5) is 10.1 Å². The molecule has 1 N–H and O–H groups in total. The van der Waals surface area contributed by atoms with Gasteiger partial charge in [-0.3, -0.25) is 9.69 Å². The maximum Gasteiger partial charge on any atom is 0.240 e. The molecule has 0 spiro atoms. The van der Waals surface area contributed by atoms with Crippen LogP contribution in [0.3, 0.4) is 0 Å². The molecule has 0 aromatic heterocycles. The van der Waals surface area contributed by atoms with Gasteiger partial charge in [-0.15, -0.1) is 12.4 Å². The molecule has 2 aromatic rings. The summed E-state index contributed by atoms with van der Waals surface area (Å²) >= 11 is 0. The zero-order valence-corrected chi connectivity index (χ0v) is 15.0. The first-order valence-electron chi connectivity index (χ1n) is 8.17. The molecule has 0 saturated carbocycles. The standard InChI is InChI=1S/C19H22FN3O.ClH/c1-22(17-8-3-2-4-9-17)19(24)14-23-11-10-21-13-18(23)15-6-5-7-16(20)12-15;/h2-9,12,18,21H,10-11,13-14H2,1H3;1H. The molecule has 25 heavy (non-hydrogen) atoms.